The highest BCUT2D eigenvalue weighted by molar-refractivity contribution is 5.43. The second-order valence-corrected chi connectivity index (χ2v) is 3.92. The lowest BCUT2D eigenvalue weighted by Gasteiger charge is -2.20. The molecule has 0 bridgehead atoms. The Bertz CT molecular complexity index is 267. The van der Waals surface area contributed by atoms with Crippen LogP contribution in [0.15, 0.2) is 30.3 Å². The highest BCUT2D eigenvalue weighted by Crippen LogP contribution is 2.19. The summed E-state index contributed by atoms with van der Waals surface area (Å²) in [6, 6.07) is 10.9. The van der Waals surface area contributed by atoms with E-state index < -0.39 is 0 Å². The molecule has 76 valence electrons. The minimum Gasteiger partial charge on any atom is -0.382 e. The lowest BCUT2D eigenvalue weighted by Crippen LogP contribution is -2.25. The molecule has 1 aromatic rings. The third-order valence-electron chi connectivity index (χ3n) is 2.84. The number of ether oxygens (including phenoxy) is 1. The zero-order valence-corrected chi connectivity index (χ0v) is 8.57. The topological polar surface area (TPSA) is 21.3 Å². The molecule has 2 rings (SSSR count). The first-order valence-electron chi connectivity index (χ1n) is 5.25. The van der Waals surface area contributed by atoms with Crippen LogP contribution in [0.25, 0.3) is 0 Å². The van der Waals surface area contributed by atoms with Crippen LogP contribution in [0.2, 0.25) is 0 Å². The molecule has 1 aliphatic rings. The lowest BCUT2D eigenvalue weighted by molar-refractivity contribution is 0.183. The highest BCUT2D eigenvalue weighted by atomic mass is 16.5. The summed E-state index contributed by atoms with van der Waals surface area (Å²) >= 11 is 0. The van der Waals surface area contributed by atoms with Gasteiger partial charge >= 0.3 is 0 Å². The van der Waals surface area contributed by atoms with Gasteiger partial charge in [-0.25, -0.2) is 0 Å². The van der Waals surface area contributed by atoms with Gasteiger partial charge in [-0.3, -0.25) is 0 Å². The number of hydrogen-bond donors (Lipinski definition) is 1. The normalized spacial score (nSPS) is 23.4. The minimum absolute atomic E-state index is 0.500. The van der Waals surface area contributed by atoms with Crippen molar-refractivity contribution >= 4 is 5.69 Å². The summed E-state index contributed by atoms with van der Waals surface area (Å²) in [5.41, 5.74) is 1.20. The van der Waals surface area contributed by atoms with Crippen molar-refractivity contribution in [2.75, 3.05) is 18.5 Å². The average molecular weight is 191 g/mol. The summed E-state index contributed by atoms with van der Waals surface area (Å²) in [4.78, 5) is 0. The average Bonchev–Trinajstić information content (AvgIpc) is 2.72. The van der Waals surface area contributed by atoms with E-state index >= 15 is 0 Å². The first-order valence-corrected chi connectivity index (χ1v) is 5.25. The van der Waals surface area contributed by atoms with Gasteiger partial charge in [0.05, 0.1) is 6.61 Å². The monoisotopic (exact) mass is 191 g/mol. The first-order chi connectivity index (χ1) is 6.86. The fourth-order valence-electron chi connectivity index (χ4n) is 1.86. The second kappa shape index (κ2) is 4.47. The van der Waals surface area contributed by atoms with Crippen LogP contribution in [-0.2, 0) is 4.74 Å². The molecule has 1 aliphatic heterocycles. The smallest absolute Gasteiger partial charge is 0.0514 e. The van der Waals surface area contributed by atoms with Crippen LogP contribution in [0, 0.1) is 5.92 Å². The van der Waals surface area contributed by atoms with E-state index in [0.29, 0.717) is 12.0 Å². The molecule has 0 radical (unpaired) electrons. The van der Waals surface area contributed by atoms with E-state index in [9.17, 15) is 0 Å². The van der Waals surface area contributed by atoms with Crippen molar-refractivity contribution in [2.24, 2.45) is 5.92 Å². The van der Waals surface area contributed by atoms with Crippen LogP contribution in [-0.4, -0.2) is 19.3 Å². The molecule has 1 heterocycles. The molecule has 2 unspecified atom stereocenters. The van der Waals surface area contributed by atoms with Crippen molar-refractivity contribution in [1.29, 1.82) is 0 Å². The van der Waals surface area contributed by atoms with Gasteiger partial charge in [0, 0.05) is 24.3 Å². The van der Waals surface area contributed by atoms with Gasteiger partial charge in [0.15, 0.2) is 0 Å². The van der Waals surface area contributed by atoms with Crippen LogP contribution < -0.4 is 5.32 Å². The summed E-state index contributed by atoms with van der Waals surface area (Å²) in [6.07, 6.45) is 1.18. The van der Waals surface area contributed by atoms with Gasteiger partial charge in [-0.05, 0) is 25.5 Å². The molecular weight excluding hydrogens is 174 g/mol. The van der Waals surface area contributed by atoms with Crippen molar-refractivity contribution in [3.05, 3.63) is 30.3 Å². The Balaban J connectivity index is 1.90. The zero-order valence-electron chi connectivity index (χ0n) is 8.57. The quantitative estimate of drug-likeness (QED) is 0.792. The third-order valence-corrected chi connectivity index (χ3v) is 2.84. The van der Waals surface area contributed by atoms with Gasteiger partial charge < -0.3 is 10.1 Å². The molecule has 0 amide bonds. The molecule has 0 aromatic heterocycles. The third kappa shape index (κ3) is 2.26. The Morgan fingerprint density at radius 1 is 1.36 bits per heavy atom. The number of benzene rings is 1. The molecule has 14 heavy (non-hydrogen) atoms. The number of anilines is 1. The maximum atomic E-state index is 5.38. The first kappa shape index (κ1) is 9.53. The molecule has 1 aromatic carbocycles. The van der Waals surface area contributed by atoms with E-state index in [0.717, 1.165) is 13.2 Å². The molecule has 2 heteroatoms. The predicted octanol–water partition coefficient (Wildman–Crippen LogP) is 2.52. The van der Waals surface area contributed by atoms with E-state index in [1.807, 2.05) is 6.07 Å². The maximum absolute atomic E-state index is 5.38. The maximum Gasteiger partial charge on any atom is 0.0514 e. The van der Waals surface area contributed by atoms with E-state index in [-0.39, 0.29) is 0 Å². The fourth-order valence-corrected chi connectivity index (χ4v) is 1.86. The van der Waals surface area contributed by atoms with Gasteiger partial charge in [-0.15, -0.1) is 0 Å². The Labute approximate surface area is 85.3 Å². The van der Waals surface area contributed by atoms with Crippen molar-refractivity contribution in [3.8, 4) is 0 Å². The second-order valence-electron chi connectivity index (χ2n) is 3.92. The van der Waals surface area contributed by atoms with Gasteiger partial charge in [-0.1, -0.05) is 18.2 Å². The molecule has 1 fully saturated rings. The Morgan fingerprint density at radius 3 is 2.79 bits per heavy atom. The van der Waals surface area contributed by atoms with Gasteiger partial charge in [-0.2, -0.15) is 0 Å². The largest absolute Gasteiger partial charge is 0.382 e. The summed E-state index contributed by atoms with van der Waals surface area (Å²) in [5.74, 6) is 0.662. The SMILES string of the molecule is CC(Nc1ccccc1)C1CCOC1. The molecule has 1 N–H and O–H groups in total. The predicted molar refractivity (Wildman–Crippen MR) is 58.5 cm³/mol. The van der Waals surface area contributed by atoms with E-state index in [1.54, 1.807) is 0 Å². The van der Waals surface area contributed by atoms with E-state index in [2.05, 4.69) is 36.5 Å². The number of hydrogen-bond acceptors (Lipinski definition) is 2. The fraction of sp³-hybridized carbons (Fsp3) is 0.500. The van der Waals surface area contributed by atoms with E-state index in [4.69, 9.17) is 4.74 Å². The van der Waals surface area contributed by atoms with Crippen LogP contribution in [0.3, 0.4) is 0 Å². The minimum atomic E-state index is 0.500. The molecule has 2 atom stereocenters. The van der Waals surface area contributed by atoms with Crippen LogP contribution in [0.4, 0.5) is 5.69 Å². The summed E-state index contributed by atoms with van der Waals surface area (Å²) < 4.78 is 5.38. The molecule has 0 saturated carbocycles. The summed E-state index contributed by atoms with van der Waals surface area (Å²) in [5, 5.41) is 3.50. The number of para-hydroxylation sites is 1. The van der Waals surface area contributed by atoms with Crippen LogP contribution in [0.5, 0.6) is 0 Å². The van der Waals surface area contributed by atoms with E-state index in [1.165, 1.54) is 12.1 Å². The van der Waals surface area contributed by atoms with Crippen LogP contribution >= 0.6 is 0 Å². The van der Waals surface area contributed by atoms with Gasteiger partial charge in [0.25, 0.3) is 0 Å². The van der Waals surface area contributed by atoms with Gasteiger partial charge in [0.1, 0.15) is 0 Å². The summed E-state index contributed by atoms with van der Waals surface area (Å²) in [7, 11) is 0. The molecule has 1 saturated heterocycles. The molecule has 0 spiro atoms. The lowest BCUT2D eigenvalue weighted by atomic mass is 10.0. The van der Waals surface area contributed by atoms with Crippen LogP contribution in [0.1, 0.15) is 13.3 Å². The van der Waals surface area contributed by atoms with Crippen molar-refractivity contribution in [3.63, 3.8) is 0 Å². The van der Waals surface area contributed by atoms with Crippen molar-refractivity contribution in [2.45, 2.75) is 19.4 Å². The zero-order chi connectivity index (χ0) is 9.80. The Morgan fingerprint density at radius 2 is 2.14 bits per heavy atom. The van der Waals surface area contributed by atoms with Crippen molar-refractivity contribution < 1.29 is 4.74 Å². The number of rotatable bonds is 3. The molecule has 0 aliphatic carbocycles. The standard InChI is InChI=1S/C12H17NO/c1-10(11-7-8-14-9-11)13-12-5-3-2-4-6-12/h2-6,10-11,13H,7-9H2,1H3. The Kier molecular flexibility index (Phi) is 3.04. The number of nitrogens with one attached hydrogen (secondary N) is 1. The van der Waals surface area contributed by atoms with Gasteiger partial charge in [0.2, 0.25) is 0 Å². The highest BCUT2D eigenvalue weighted by Gasteiger charge is 2.21. The molecule has 2 nitrogen and oxygen atoms in total. The molecular formula is C12H17NO. The van der Waals surface area contributed by atoms with Crippen molar-refractivity contribution in [1.82, 2.24) is 0 Å². The summed E-state index contributed by atoms with van der Waals surface area (Å²) in [6.45, 7) is 4.05. The Hall–Kier alpha value is -1.02.